The molecule has 104 valence electrons. The van der Waals surface area contributed by atoms with Gasteiger partial charge in [0.1, 0.15) is 0 Å². The third kappa shape index (κ3) is 2.00. The zero-order valence-electron chi connectivity index (χ0n) is 11.0. The number of rotatable bonds is 0. The molecule has 0 saturated carbocycles. The Morgan fingerprint density at radius 3 is 2.68 bits per heavy atom. The highest BCUT2D eigenvalue weighted by molar-refractivity contribution is 5.64. The van der Waals surface area contributed by atoms with Crippen molar-refractivity contribution in [2.24, 2.45) is 0 Å². The molecule has 0 spiro atoms. The van der Waals surface area contributed by atoms with E-state index >= 15 is 0 Å². The lowest BCUT2D eigenvalue weighted by atomic mass is 10.0. The van der Waals surface area contributed by atoms with Crippen LogP contribution in [0.4, 0.5) is 18.9 Å². The third-order valence-corrected chi connectivity index (χ3v) is 4.15. The molecule has 1 aromatic carbocycles. The van der Waals surface area contributed by atoms with Gasteiger partial charge < -0.3 is 10.2 Å². The number of benzene rings is 1. The van der Waals surface area contributed by atoms with Gasteiger partial charge in [0.2, 0.25) is 0 Å². The number of halogens is 3. The summed E-state index contributed by atoms with van der Waals surface area (Å²) in [5, 5.41) is 3.34. The minimum absolute atomic E-state index is 0.240. The zero-order valence-corrected chi connectivity index (χ0v) is 11.0. The Balaban J connectivity index is 2.08. The molecule has 0 aliphatic carbocycles. The molecule has 3 rings (SSSR count). The van der Waals surface area contributed by atoms with Gasteiger partial charge in [-0.2, -0.15) is 13.2 Å². The maximum absolute atomic E-state index is 13.0. The summed E-state index contributed by atoms with van der Waals surface area (Å²) in [6.07, 6.45) is -3.43. The first-order valence-corrected chi connectivity index (χ1v) is 6.57. The molecule has 2 aliphatic rings. The number of alkyl halides is 3. The number of fused-ring (bicyclic) bond motifs is 3. The van der Waals surface area contributed by atoms with Crippen LogP contribution in [0.2, 0.25) is 0 Å². The molecule has 5 heteroatoms. The van der Waals surface area contributed by atoms with Crippen LogP contribution in [-0.2, 0) is 12.6 Å². The van der Waals surface area contributed by atoms with Crippen molar-refractivity contribution in [2.45, 2.75) is 38.5 Å². The van der Waals surface area contributed by atoms with Crippen molar-refractivity contribution < 1.29 is 13.2 Å². The predicted octanol–water partition coefficient (Wildman–Crippen LogP) is 2.74. The first kappa shape index (κ1) is 12.8. The van der Waals surface area contributed by atoms with E-state index in [4.69, 9.17) is 0 Å². The lowest BCUT2D eigenvalue weighted by Crippen LogP contribution is -2.54. The topological polar surface area (TPSA) is 15.3 Å². The lowest BCUT2D eigenvalue weighted by molar-refractivity contribution is -0.138. The summed E-state index contributed by atoms with van der Waals surface area (Å²) in [7, 11) is 0. The van der Waals surface area contributed by atoms with Gasteiger partial charge in [-0.15, -0.1) is 0 Å². The number of nitrogens with one attached hydrogen (secondary N) is 1. The van der Waals surface area contributed by atoms with Crippen molar-refractivity contribution in [1.29, 1.82) is 0 Å². The first-order chi connectivity index (χ1) is 8.88. The quantitative estimate of drug-likeness (QED) is 0.780. The maximum atomic E-state index is 13.0. The summed E-state index contributed by atoms with van der Waals surface area (Å²) in [4.78, 5) is 2.15. The average Bonchev–Trinajstić information content (AvgIpc) is 2.64. The van der Waals surface area contributed by atoms with E-state index in [1.165, 1.54) is 6.07 Å². The summed E-state index contributed by atoms with van der Waals surface area (Å²) in [5.74, 6) is 0. The van der Waals surface area contributed by atoms with E-state index in [0.29, 0.717) is 11.6 Å². The molecule has 2 aliphatic heterocycles. The highest BCUT2D eigenvalue weighted by Gasteiger charge is 2.39. The fourth-order valence-electron chi connectivity index (χ4n) is 3.34. The minimum Gasteiger partial charge on any atom is -0.363 e. The summed E-state index contributed by atoms with van der Waals surface area (Å²) in [6.45, 7) is 5.27. The average molecular weight is 270 g/mol. The van der Waals surface area contributed by atoms with Gasteiger partial charge in [0.25, 0.3) is 0 Å². The van der Waals surface area contributed by atoms with Crippen LogP contribution in [0.3, 0.4) is 0 Å². The molecule has 2 nitrogen and oxygen atoms in total. The second-order valence-corrected chi connectivity index (χ2v) is 5.57. The lowest BCUT2D eigenvalue weighted by Gasteiger charge is -2.38. The molecule has 0 aromatic heterocycles. The molecule has 2 unspecified atom stereocenters. The molecular weight excluding hydrogens is 253 g/mol. The Morgan fingerprint density at radius 1 is 1.26 bits per heavy atom. The van der Waals surface area contributed by atoms with Crippen molar-refractivity contribution in [1.82, 2.24) is 5.32 Å². The van der Waals surface area contributed by atoms with Crippen LogP contribution in [-0.4, -0.2) is 25.2 Å². The van der Waals surface area contributed by atoms with E-state index < -0.39 is 11.7 Å². The van der Waals surface area contributed by atoms with Gasteiger partial charge in [-0.1, -0.05) is 6.07 Å². The molecule has 1 saturated heterocycles. The Labute approximate surface area is 110 Å². The third-order valence-electron chi connectivity index (χ3n) is 4.15. The fourth-order valence-corrected chi connectivity index (χ4v) is 3.34. The van der Waals surface area contributed by atoms with Gasteiger partial charge in [-0.25, -0.2) is 0 Å². The van der Waals surface area contributed by atoms with E-state index in [9.17, 15) is 13.2 Å². The summed E-state index contributed by atoms with van der Waals surface area (Å²) >= 11 is 0. The highest BCUT2D eigenvalue weighted by atomic mass is 19.4. The number of anilines is 1. The van der Waals surface area contributed by atoms with Crippen molar-refractivity contribution in [3.63, 3.8) is 0 Å². The molecule has 19 heavy (non-hydrogen) atoms. The van der Waals surface area contributed by atoms with Crippen LogP contribution in [0.5, 0.6) is 0 Å². The Kier molecular flexibility index (Phi) is 2.78. The normalized spacial score (nSPS) is 26.3. The summed E-state index contributed by atoms with van der Waals surface area (Å²) in [6, 6.07) is 3.58. The molecule has 1 N–H and O–H groups in total. The molecule has 1 fully saturated rings. The maximum Gasteiger partial charge on any atom is 0.416 e. The Morgan fingerprint density at radius 2 is 2.00 bits per heavy atom. The number of piperazine rings is 1. The van der Waals surface area contributed by atoms with Crippen molar-refractivity contribution in [2.75, 3.05) is 18.0 Å². The zero-order chi connectivity index (χ0) is 13.8. The SMILES string of the molecule is Cc1cc2c(cc1C(F)(F)F)N1C(C)CNCC1C2. The fraction of sp³-hybridized carbons (Fsp3) is 0.571. The van der Waals surface area contributed by atoms with Gasteiger partial charge >= 0.3 is 6.18 Å². The number of hydrogen-bond donors (Lipinski definition) is 1. The van der Waals surface area contributed by atoms with E-state index in [1.807, 2.05) is 0 Å². The van der Waals surface area contributed by atoms with Crippen molar-refractivity contribution in [3.8, 4) is 0 Å². The van der Waals surface area contributed by atoms with Crippen LogP contribution in [0, 0.1) is 6.92 Å². The van der Waals surface area contributed by atoms with Crippen LogP contribution < -0.4 is 10.2 Å². The molecule has 2 atom stereocenters. The van der Waals surface area contributed by atoms with E-state index in [2.05, 4.69) is 17.1 Å². The van der Waals surface area contributed by atoms with Gasteiger partial charge in [0.15, 0.2) is 0 Å². The number of hydrogen-bond acceptors (Lipinski definition) is 2. The van der Waals surface area contributed by atoms with Crippen molar-refractivity contribution >= 4 is 5.69 Å². The van der Waals surface area contributed by atoms with Crippen molar-refractivity contribution in [3.05, 3.63) is 28.8 Å². The van der Waals surface area contributed by atoms with E-state index in [-0.39, 0.29) is 6.04 Å². The molecule has 0 bridgehead atoms. The molecular formula is C14H17F3N2. The van der Waals surface area contributed by atoms with Gasteiger partial charge in [-0.3, -0.25) is 0 Å². The standard InChI is InChI=1S/C14H17F3N2/c1-8-3-10-4-11-7-18-6-9(2)19(11)13(10)5-12(8)14(15,16)17/h3,5,9,11,18H,4,6-7H2,1-2H3. The molecule has 2 heterocycles. The van der Waals surface area contributed by atoms with Gasteiger partial charge in [0.05, 0.1) is 5.56 Å². The monoisotopic (exact) mass is 270 g/mol. The summed E-state index contributed by atoms with van der Waals surface area (Å²) < 4.78 is 39.0. The van der Waals surface area contributed by atoms with E-state index in [0.717, 1.165) is 30.8 Å². The van der Waals surface area contributed by atoms with Crippen LogP contribution in [0.25, 0.3) is 0 Å². The molecule has 1 aromatic rings. The van der Waals surface area contributed by atoms with Gasteiger partial charge in [0, 0.05) is 30.9 Å². The first-order valence-electron chi connectivity index (χ1n) is 6.57. The van der Waals surface area contributed by atoms with Crippen LogP contribution in [0.15, 0.2) is 12.1 Å². The van der Waals surface area contributed by atoms with Crippen LogP contribution >= 0.6 is 0 Å². The largest absolute Gasteiger partial charge is 0.416 e. The minimum atomic E-state index is -4.27. The van der Waals surface area contributed by atoms with E-state index in [1.54, 1.807) is 13.0 Å². The highest BCUT2D eigenvalue weighted by Crippen LogP contribution is 2.41. The molecule has 0 radical (unpaired) electrons. The Hall–Kier alpha value is -1.23. The second-order valence-electron chi connectivity index (χ2n) is 5.57. The molecule has 0 amide bonds. The second kappa shape index (κ2) is 4.13. The van der Waals surface area contributed by atoms with Gasteiger partial charge in [-0.05, 0) is 37.5 Å². The Bertz CT molecular complexity index is 510. The predicted molar refractivity (Wildman–Crippen MR) is 68.5 cm³/mol. The number of aryl methyl sites for hydroxylation is 1. The summed E-state index contributed by atoms with van der Waals surface area (Å²) in [5.41, 5.74) is 1.65. The smallest absolute Gasteiger partial charge is 0.363 e. The number of nitrogens with zero attached hydrogens (tertiary/aromatic N) is 1. The van der Waals surface area contributed by atoms with Crippen LogP contribution in [0.1, 0.15) is 23.6 Å².